The molecule has 0 aromatic carbocycles. The summed E-state index contributed by atoms with van der Waals surface area (Å²) in [7, 11) is 0. The number of aliphatic hydroxyl groups excluding tert-OH is 1. The van der Waals surface area contributed by atoms with Crippen molar-refractivity contribution < 1.29 is 9.50 Å². The molecule has 1 heterocycles. The largest absolute Gasteiger partial charge is 0.384 e. The maximum atomic E-state index is 13.3. The van der Waals surface area contributed by atoms with Gasteiger partial charge in [-0.2, -0.15) is 0 Å². The summed E-state index contributed by atoms with van der Waals surface area (Å²) < 4.78 is 13.3. The summed E-state index contributed by atoms with van der Waals surface area (Å²) in [6.07, 6.45) is -0.0674. The summed E-state index contributed by atoms with van der Waals surface area (Å²) in [6, 6.07) is 3.74. The molecule has 1 N–H and O–H groups in total. The first-order valence-electron chi connectivity index (χ1n) is 4.40. The third-order valence-corrected chi connectivity index (χ3v) is 3.23. The second-order valence-corrected chi connectivity index (χ2v) is 4.82. The molecule has 0 aliphatic rings. The van der Waals surface area contributed by atoms with Crippen LogP contribution in [0.25, 0.3) is 0 Å². The SMILES string of the molecule is CCc1ccc(C(O)C(C)(C)F)s1. The van der Waals surface area contributed by atoms with E-state index < -0.39 is 11.8 Å². The number of rotatable bonds is 3. The average Bonchev–Trinajstić information content (AvgIpc) is 2.48. The van der Waals surface area contributed by atoms with Gasteiger partial charge in [-0.25, -0.2) is 4.39 Å². The highest BCUT2D eigenvalue weighted by Gasteiger charge is 2.29. The lowest BCUT2D eigenvalue weighted by Gasteiger charge is -2.20. The number of aliphatic hydroxyl groups is 1. The van der Waals surface area contributed by atoms with E-state index in [0.717, 1.165) is 6.42 Å². The van der Waals surface area contributed by atoms with Gasteiger partial charge in [-0.3, -0.25) is 0 Å². The van der Waals surface area contributed by atoms with Crippen molar-refractivity contribution >= 4 is 11.3 Å². The molecule has 0 spiro atoms. The highest BCUT2D eigenvalue weighted by molar-refractivity contribution is 7.12. The Morgan fingerprint density at radius 3 is 2.54 bits per heavy atom. The van der Waals surface area contributed by atoms with Crippen LogP contribution in [-0.4, -0.2) is 10.8 Å². The zero-order valence-corrected chi connectivity index (χ0v) is 8.99. The zero-order valence-electron chi connectivity index (χ0n) is 8.17. The number of thiophene rings is 1. The average molecular weight is 202 g/mol. The van der Waals surface area contributed by atoms with Crippen LogP contribution in [0.4, 0.5) is 4.39 Å². The third kappa shape index (κ3) is 2.51. The first-order chi connectivity index (χ1) is 5.95. The first kappa shape index (κ1) is 10.7. The topological polar surface area (TPSA) is 20.2 Å². The molecular weight excluding hydrogens is 187 g/mol. The second kappa shape index (κ2) is 3.76. The smallest absolute Gasteiger partial charge is 0.136 e. The van der Waals surface area contributed by atoms with Crippen molar-refractivity contribution in [2.75, 3.05) is 0 Å². The van der Waals surface area contributed by atoms with Crippen LogP contribution in [0.15, 0.2) is 12.1 Å². The zero-order chi connectivity index (χ0) is 10.1. The lowest BCUT2D eigenvalue weighted by molar-refractivity contribution is 0.0186. The number of alkyl halides is 1. The van der Waals surface area contributed by atoms with Crippen LogP contribution in [0.3, 0.4) is 0 Å². The fourth-order valence-electron chi connectivity index (χ4n) is 1.07. The molecule has 1 aromatic heterocycles. The van der Waals surface area contributed by atoms with E-state index in [4.69, 9.17) is 0 Å². The Balaban J connectivity index is 2.83. The molecule has 0 fully saturated rings. The fraction of sp³-hybridized carbons (Fsp3) is 0.600. The lowest BCUT2D eigenvalue weighted by atomic mass is 10.0. The van der Waals surface area contributed by atoms with Crippen molar-refractivity contribution in [2.24, 2.45) is 0 Å². The van der Waals surface area contributed by atoms with Crippen LogP contribution in [0.1, 0.15) is 36.6 Å². The van der Waals surface area contributed by atoms with Crippen LogP contribution in [0.2, 0.25) is 0 Å². The van der Waals surface area contributed by atoms with Crippen molar-refractivity contribution in [3.63, 3.8) is 0 Å². The minimum absolute atomic E-state index is 0.712. The normalized spacial score (nSPS) is 14.5. The van der Waals surface area contributed by atoms with Gasteiger partial charge in [0.15, 0.2) is 0 Å². The molecular formula is C10H15FOS. The Hall–Kier alpha value is -0.410. The van der Waals surface area contributed by atoms with E-state index in [1.54, 1.807) is 6.07 Å². The summed E-state index contributed by atoms with van der Waals surface area (Å²) in [5.41, 5.74) is -1.56. The standard InChI is InChI=1S/C10H15FOS/c1-4-7-5-6-8(13-7)9(12)10(2,3)11/h5-6,9,12H,4H2,1-3H3. The van der Waals surface area contributed by atoms with E-state index in [1.807, 2.05) is 13.0 Å². The summed E-state index contributed by atoms with van der Waals surface area (Å²) in [5.74, 6) is 0. The Morgan fingerprint density at radius 1 is 1.54 bits per heavy atom. The predicted molar refractivity (Wildman–Crippen MR) is 53.8 cm³/mol. The van der Waals surface area contributed by atoms with Crippen molar-refractivity contribution in [1.82, 2.24) is 0 Å². The van der Waals surface area contributed by atoms with Gasteiger partial charge < -0.3 is 5.11 Å². The molecule has 1 atom stereocenters. The molecule has 1 unspecified atom stereocenters. The van der Waals surface area contributed by atoms with Crippen molar-refractivity contribution in [1.29, 1.82) is 0 Å². The van der Waals surface area contributed by atoms with Crippen molar-refractivity contribution in [3.05, 3.63) is 21.9 Å². The Kier molecular flexibility index (Phi) is 3.09. The van der Waals surface area contributed by atoms with Gasteiger partial charge in [-0.05, 0) is 32.4 Å². The van der Waals surface area contributed by atoms with Crippen molar-refractivity contribution in [2.45, 2.75) is 39.0 Å². The summed E-state index contributed by atoms with van der Waals surface area (Å²) >= 11 is 1.48. The number of halogens is 1. The van der Waals surface area contributed by atoms with E-state index in [1.165, 1.54) is 30.1 Å². The van der Waals surface area contributed by atoms with E-state index in [2.05, 4.69) is 0 Å². The predicted octanol–water partition coefficient (Wildman–Crippen LogP) is 3.09. The van der Waals surface area contributed by atoms with Gasteiger partial charge in [0.2, 0.25) is 0 Å². The second-order valence-electron chi connectivity index (χ2n) is 3.62. The Morgan fingerprint density at radius 2 is 2.15 bits per heavy atom. The van der Waals surface area contributed by atoms with Crippen LogP contribution < -0.4 is 0 Å². The molecule has 0 saturated carbocycles. The molecule has 0 saturated heterocycles. The van der Waals surface area contributed by atoms with E-state index in [9.17, 15) is 9.50 Å². The molecule has 0 aliphatic carbocycles. The van der Waals surface area contributed by atoms with E-state index in [0.29, 0.717) is 4.88 Å². The monoisotopic (exact) mass is 202 g/mol. The Labute approximate surface area is 82.2 Å². The minimum atomic E-state index is -1.56. The molecule has 1 aromatic rings. The molecule has 0 bridgehead atoms. The molecule has 13 heavy (non-hydrogen) atoms. The minimum Gasteiger partial charge on any atom is -0.384 e. The quantitative estimate of drug-likeness (QED) is 0.798. The number of hydrogen-bond donors (Lipinski definition) is 1. The molecule has 1 nitrogen and oxygen atoms in total. The molecule has 0 amide bonds. The molecule has 0 aliphatic heterocycles. The fourth-order valence-corrected chi connectivity index (χ4v) is 2.18. The Bertz CT molecular complexity index is 275. The van der Waals surface area contributed by atoms with E-state index >= 15 is 0 Å². The number of hydrogen-bond acceptors (Lipinski definition) is 2. The van der Waals surface area contributed by atoms with Crippen LogP contribution in [0.5, 0.6) is 0 Å². The van der Waals surface area contributed by atoms with Crippen LogP contribution >= 0.6 is 11.3 Å². The summed E-state index contributed by atoms with van der Waals surface area (Å²) in [4.78, 5) is 1.89. The van der Waals surface area contributed by atoms with Gasteiger partial charge in [0, 0.05) is 9.75 Å². The first-order valence-corrected chi connectivity index (χ1v) is 5.22. The van der Waals surface area contributed by atoms with Crippen molar-refractivity contribution in [3.8, 4) is 0 Å². The maximum absolute atomic E-state index is 13.3. The molecule has 0 radical (unpaired) electrons. The van der Waals surface area contributed by atoms with Gasteiger partial charge in [0.1, 0.15) is 11.8 Å². The summed E-state index contributed by atoms with van der Waals surface area (Å²) in [6.45, 7) is 4.83. The van der Waals surface area contributed by atoms with Gasteiger partial charge in [-0.1, -0.05) is 6.92 Å². The molecule has 3 heteroatoms. The van der Waals surface area contributed by atoms with Gasteiger partial charge in [0.25, 0.3) is 0 Å². The van der Waals surface area contributed by atoms with Gasteiger partial charge in [-0.15, -0.1) is 11.3 Å². The number of aryl methyl sites for hydroxylation is 1. The molecule has 1 rings (SSSR count). The van der Waals surface area contributed by atoms with Crippen LogP contribution in [-0.2, 0) is 6.42 Å². The lowest BCUT2D eigenvalue weighted by Crippen LogP contribution is -2.22. The highest BCUT2D eigenvalue weighted by atomic mass is 32.1. The van der Waals surface area contributed by atoms with Crippen LogP contribution in [0, 0.1) is 0 Å². The van der Waals surface area contributed by atoms with Gasteiger partial charge >= 0.3 is 0 Å². The third-order valence-electron chi connectivity index (χ3n) is 1.95. The van der Waals surface area contributed by atoms with Gasteiger partial charge in [0.05, 0.1) is 0 Å². The maximum Gasteiger partial charge on any atom is 0.136 e. The highest BCUT2D eigenvalue weighted by Crippen LogP contribution is 2.33. The van der Waals surface area contributed by atoms with E-state index in [-0.39, 0.29) is 0 Å². The summed E-state index contributed by atoms with van der Waals surface area (Å²) in [5, 5.41) is 9.60. The molecule has 74 valence electrons.